The molecule has 2 unspecified atom stereocenters. The predicted octanol–water partition coefficient (Wildman–Crippen LogP) is 2.22. The zero-order valence-corrected chi connectivity index (χ0v) is 12.4. The van der Waals surface area contributed by atoms with Crippen LogP contribution in [0.3, 0.4) is 0 Å². The number of nitrogens with one attached hydrogen (secondary N) is 1. The summed E-state index contributed by atoms with van der Waals surface area (Å²) in [4.78, 5) is 12.3. The van der Waals surface area contributed by atoms with E-state index < -0.39 is 0 Å². The Balaban J connectivity index is 1.51. The van der Waals surface area contributed by atoms with Crippen LogP contribution in [0, 0.1) is 5.92 Å². The van der Waals surface area contributed by atoms with E-state index in [0.717, 1.165) is 37.9 Å². The summed E-state index contributed by atoms with van der Waals surface area (Å²) in [5.74, 6) is 1.49. The number of ether oxygens (including phenoxy) is 1. The third-order valence-corrected chi connectivity index (χ3v) is 4.71. The summed E-state index contributed by atoms with van der Waals surface area (Å²) in [7, 11) is 1.66. The normalized spacial score (nSPS) is 31.5. The van der Waals surface area contributed by atoms with Crippen LogP contribution in [0.1, 0.15) is 43.6 Å². The fourth-order valence-corrected chi connectivity index (χ4v) is 3.23. The standard InChI is InChI=1S/C17H23NO3/c1-21-14-8-2-11(3-9-14)15-10-16(15)17(20)18-12-4-6-13(19)7-5-12/h2-3,8-9,12-13,15-16,19H,4-7,10H2,1H3,(H,18,20). The Hall–Kier alpha value is -1.55. The highest BCUT2D eigenvalue weighted by atomic mass is 16.5. The highest BCUT2D eigenvalue weighted by Gasteiger charge is 2.44. The van der Waals surface area contributed by atoms with Crippen molar-refractivity contribution < 1.29 is 14.6 Å². The molecule has 1 amide bonds. The molecule has 4 nitrogen and oxygen atoms in total. The Kier molecular flexibility index (Phi) is 4.15. The van der Waals surface area contributed by atoms with E-state index in [1.807, 2.05) is 24.3 Å². The van der Waals surface area contributed by atoms with Gasteiger partial charge in [0, 0.05) is 12.0 Å². The number of aliphatic hydroxyl groups excluding tert-OH is 1. The van der Waals surface area contributed by atoms with E-state index in [-0.39, 0.29) is 24.0 Å². The highest BCUT2D eigenvalue weighted by molar-refractivity contribution is 5.83. The van der Waals surface area contributed by atoms with E-state index in [1.165, 1.54) is 5.56 Å². The molecule has 0 saturated heterocycles. The summed E-state index contributed by atoms with van der Waals surface area (Å²) < 4.78 is 5.15. The topological polar surface area (TPSA) is 58.6 Å². The average molecular weight is 289 g/mol. The third-order valence-electron chi connectivity index (χ3n) is 4.71. The van der Waals surface area contributed by atoms with Crippen LogP contribution in [0.25, 0.3) is 0 Å². The molecular weight excluding hydrogens is 266 g/mol. The number of carbonyl (C=O) groups excluding carboxylic acids is 1. The van der Waals surface area contributed by atoms with Gasteiger partial charge < -0.3 is 15.2 Å². The van der Waals surface area contributed by atoms with Gasteiger partial charge in [-0.05, 0) is 55.7 Å². The number of carbonyl (C=O) groups is 1. The summed E-state index contributed by atoms with van der Waals surface area (Å²) in [6.07, 6.45) is 4.16. The lowest BCUT2D eigenvalue weighted by molar-refractivity contribution is -0.123. The first-order valence-electron chi connectivity index (χ1n) is 7.79. The number of rotatable bonds is 4. The van der Waals surface area contributed by atoms with Crippen LogP contribution in [-0.4, -0.2) is 30.3 Å². The molecule has 21 heavy (non-hydrogen) atoms. The summed E-state index contributed by atoms with van der Waals surface area (Å²) in [6, 6.07) is 8.25. The molecule has 0 bridgehead atoms. The molecule has 2 aliphatic carbocycles. The molecule has 0 heterocycles. The van der Waals surface area contributed by atoms with Crippen LogP contribution in [0.4, 0.5) is 0 Å². The van der Waals surface area contributed by atoms with Crippen LogP contribution in [0.5, 0.6) is 5.75 Å². The number of aliphatic hydroxyl groups is 1. The maximum atomic E-state index is 12.3. The van der Waals surface area contributed by atoms with E-state index in [0.29, 0.717) is 5.92 Å². The first-order valence-corrected chi connectivity index (χ1v) is 7.79. The van der Waals surface area contributed by atoms with Gasteiger partial charge >= 0.3 is 0 Å². The van der Waals surface area contributed by atoms with Crippen LogP contribution in [0.2, 0.25) is 0 Å². The van der Waals surface area contributed by atoms with Gasteiger partial charge in [-0.2, -0.15) is 0 Å². The lowest BCUT2D eigenvalue weighted by Crippen LogP contribution is -2.39. The van der Waals surface area contributed by atoms with Gasteiger partial charge in [0.1, 0.15) is 5.75 Å². The Bertz CT molecular complexity index is 491. The first kappa shape index (κ1) is 14.4. The lowest BCUT2D eigenvalue weighted by atomic mass is 9.93. The average Bonchev–Trinajstić information content (AvgIpc) is 3.30. The SMILES string of the molecule is COc1ccc(C2CC2C(=O)NC2CCC(O)CC2)cc1. The van der Waals surface area contributed by atoms with Crippen LogP contribution < -0.4 is 10.1 Å². The lowest BCUT2D eigenvalue weighted by Gasteiger charge is -2.26. The maximum Gasteiger partial charge on any atom is 0.223 e. The zero-order valence-electron chi connectivity index (χ0n) is 12.4. The van der Waals surface area contributed by atoms with E-state index in [9.17, 15) is 9.90 Å². The van der Waals surface area contributed by atoms with Crippen molar-refractivity contribution in [3.8, 4) is 5.75 Å². The molecule has 2 N–H and O–H groups in total. The summed E-state index contributed by atoms with van der Waals surface area (Å²) in [6.45, 7) is 0. The second-order valence-electron chi connectivity index (χ2n) is 6.24. The molecule has 0 aliphatic heterocycles. The quantitative estimate of drug-likeness (QED) is 0.893. The number of methoxy groups -OCH3 is 1. The molecule has 0 radical (unpaired) electrons. The molecule has 2 aliphatic rings. The smallest absolute Gasteiger partial charge is 0.223 e. The highest BCUT2D eigenvalue weighted by Crippen LogP contribution is 2.47. The van der Waals surface area contributed by atoms with E-state index in [4.69, 9.17) is 4.74 Å². The van der Waals surface area contributed by atoms with Crippen molar-refractivity contribution in [3.05, 3.63) is 29.8 Å². The second kappa shape index (κ2) is 6.06. The van der Waals surface area contributed by atoms with Gasteiger partial charge in [-0.15, -0.1) is 0 Å². The van der Waals surface area contributed by atoms with Gasteiger partial charge in [0.05, 0.1) is 13.2 Å². The minimum Gasteiger partial charge on any atom is -0.497 e. The molecule has 3 rings (SSSR count). The molecule has 2 atom stereocenters. The van der Waals surface area contributed by atoms with Crippen molar-refractivity contribution in [3.63, 3.8) is 0 Å². The summed E-state index contributed by atoms with van der Waals surface area (Å²) >= 11 is 0. The summed E-state index contributed by atoms with van der Waals surface area (Å²) in [5, 5.41) is 12.6. The maximum absolute atomic E-state index is 12.3. The Morgan fingerprint density at radius 3 is 2.48 bits per heavy atom. The molecule has 0 aromatic heterocycles. The van der Waals surface area contributed by atoms with Gasteiger partial charge in [-0.1, -0.05) is 12.1 Å². The van der Waals surface area contributed by atoms with Gasteiger partial charge in [-0.3, -0.25) is 4.79 Å². The van der Waals surface area contributed by atoms with Crippen molar-refractivity contribution >= 4 is 5.91 Å². The largest absolute Gasteiger partial charge is 0.497 e. The molecule has 1 aromatic carbocycles. The molecule has 114 valence electrons. The molecule has 2 fully saturated rings. The fraction of sp³-hybridized carbons (Fsp3) is 0.588. The van der Waals surface area contributed by atoms with Gasteiger partial charge in [0.2, 0.25) is 5.91 Å². The van der Waals surface area contributed by atoms with Crippen LogP contribution >= 0.6 is 0 Å². The minimum atomic E-state index is -0.175. The number of amides is 1. The monoisotopic (exact) mass is 289 g/mol. The fourth-order valence-electron chi connectivity index (χ4n) is 3.23. The third kappa shape index (κ3) is 3.38. The van der Waals surface area contributed by atoms with Crippen molar-refractivity contribution in [1.82, 2.24) is 5.32 Å². The number of benzene rings is 1. The Morgan fingerprint density at radius 1 is 1.19 bits per heavy atom. The molecule has 2 saturated carbocycles. The Morgan fingerprint density at radius 2 is 1.86 bits per heavy atom. The molecule has 1 aromatic rings. The van der Waals surface area contributed by atoms with Crippen LogP contribution in [-0.2, 0) is 4.79 Å². The van der Waals surface area contributed by atoms with Crippen molar-refractivity contribution in [2.75, 3.05) is 7.11 Å². The van der Waals surface area contributed by atoms with Gasteiger partial charge in [0.15, 0.2) is 0 Å². The van der Waals surface area contributed by atoms with Crippen LogP contribution in [0.15, 0.2) is 24.3 Å². The van der Waals surface area contributed by atoms with E-state index >= 15 is 0 Å². The summed E-state index contributed by atoms with van der Waals surface area (Å²) in [5.41, 5.74) is 1.22. The molecule has 4 heteroatoms. The van der Waals surface area contributed by atoms with Gasteiger partial charge in [0.25, 0.3) is 0 Å². The number of hydrogen-bond acceptors (Lipinski definition) is 3. The molecular formula is C17H23NO3. The van der Waals surface area contributed by atoms with Crippen molar-refractivity contribution in [1.29, 1.82) is 0 Å². The Labute approximate surface area is 125 Å². The zero-order chi connectivity index (χ0) is 14.8. The van der Waals surface area contributed by atoms with Crippen molar-refractivity contribution in [2.45, 2.75) is 50.2 Å². The first-order chi connectivity index (χ1) is 10.2. The molecule has 0 spiro atoms. The van der Waals surface area contributed by atoms with Crippen molar-refractivity contribution in [2.24, 2.45) is 5.92 Å². The minimum absolute atomic E-state index is 0.116. The van der Waals surface area contributed by atoms with E-state index in [2.05, 4.69) is 5.32 Å². The van der Waals surface area contributed by atoms with Gasteiger partial charge in [-0.25, -0.2) is 0 Å². The number of hydrogen-bond donors (Lipinski definition) is 2. The predicted molar refractivity (Wildman–Crippen MR) is 80.2 cm³/mol. The van der Waals surface area contributed by atoms with E-state index in [1.54, 1.807) is 7.11 Å². The second-order valence-corrected chi connectivity index (χ2v) is 6.24.